The number of aliphatic imine (C=N–C) groups is 1. The minimum Gasteiger partial charge on any atom is -0.488 e. The lowest BCUT2D eigenvalue weighted by Crippen LogP contribution is -2.20. The zero-order valence-electron chi connectivity index (χ0n) is 18.7. The molecule has 0 saturated heterocycles. The zero-order chi connectivity index (χ0) is 23.5. The number of carbonyl (C=O) groups is 1. The van der Waals surface area contributed by atoms with Gasteiger partial charge in [-0.15, -0.1) is 11.3 Å². The molecule has 1 saturated carbocycles. The Bertz CT molecular complexity index is 1240. The minimum atomic E-state index is -0.509. The lowest BCUT2D eigenvalue weighted by molar-refractivity contribution is 0.0998. The van der Waals surface area contributed by atoms with E-state index in [0.717, 1.165) is 23.0 Å². The number of thiazole rings is 1. The zero-order valence-corrected chi connectivity index (χ0v) is 20.3. The lowest BCUT2D eigenvalue weighted by atomic mass is 9.86. The van der Waals surface area contributed by atoms with Crippen LogP contribution in [0, 0.1) is 11.7 Å². The highest BCUT2D eigenvalue weighted by atomic mass is 35.5. The summed E-state index contributed by atoms with van der Waals surface area (Å²) in [5.74, 6) is 0.688. The van der Waals surface area contributed by atoms with Gasteiger partial charge in [0.1, 0.15) is 35.2 Å². The molecule has 0 amide bonds. The molecule has 0 atom stereocenters. The number of fused-ring (bicyclic) bond motifs is 1. The number of nitrogens with zero attached hydrogens (tertiary/aromatic N) is 3. The van der Waals surface area contributed by atoms with E-state index in [1.54, 1.807) is 23.6 Å². The number of hydrogen-bond acceptors (Lipinski definition) is 6. The molecule has 3 heterocycles. The molecule has 2 aliphatic rings. The van der Waals surface area contributed by atoms with E-state index in [9.17, 15) is 9.18 Å². The molecule has 0 unspecified atom stereocenters. The van der Waals surface area contributed by atoms with Gasteiger partial charge in [0.05, 0.1) is 22.2 Å². The predicted molar refractivity (Wildman–Crippen MR) is 133 cm³/mol. The van der Waals surface area contributed by atoms with Crippen molar-refractivity contribution in [1.29, 1.82) is 0 Å². The molecule has 1 fully saturated rings. The van der Waals surface area contributed by atoms with Gasteiger partial charge in [0.15, 0.2) is 5.78 Å². The number of hydrogen-bond donors (Lipinski definition) is 0. The van der Waals surface area contributed by atoms with Crippen LogP contribution in [0.5, 0.6) is 5.75 Å². The molecular formula is C26H25ClFN3O2S. The van der Waals surface area contributed by atoms with Crippen LogP contribution in [0.2, 0.25) is 5.02 Å². The number of ketones is 1. The Morgan fingerprint density at radius 1 is 1.18 bits per heavy atom. The standard InChI is InChI=1S/C26H25ClFN3O2S/c27-20-13-18(7-8-21(20)28)33-14-17-12-23(32)19-10-11-29-26(25(19)30-17)22-15-34-24(31-22)9-6-16-4-2-1-3-5-16/h7-8,10-11,13,15-16H,1-6,9,12,14H2. The first-order chi connectivity index (χ1) is 16.6. The van der Waals surface area contributed by atoms with Crippen molar-refractivity contribution in [1.82, 2.24) is 9.97 Å². The molecular weight excluding hydrogens is 473 g/mol. The maximum atomic E-state index is 13.4. The normalized spacial score (nSPS) is 16.3. The van der Waals surface area contributed by atoms with Gasteiger partial charge in [-0.2, -0.15) is 0 Å². The molecule has 1 aliphatic carbocycles. The van der Waals surface area contributed by atoms with Crippen LogP contribution < -0.4 is 4.74 Å². The fraction of sp³-hybridized carbons (Fsp3) is 0.385. The Hall–Kier alpha value is -2.64. The number of benzene rings is 1. The van der Waals surface area contributed by atoms with Crippen molar-refractivity contribution in [3.05, 3.63) is 57.3 Å². The van der Waals surface area contributed by atoms with Crippen LogP contribution in [0.3, 0.4) is 0 Å². The summed E-state index contributed by atoms with van der Waals surface area (Å²) in [6.07, 6.45) is 10.7. The molecule has 2 aromatic heterocycles. The van der Waals surface area contributed by atoms with Gasteiger partial charge in [-0.05, 0) is 37.0 Å². The Labute approximate surface area is 207 Å². The average molecular weight is 498 g/mol. The van der Waals surface area contributed by atoms with Crippen molar-refractivity contribution >= 4 is 40.1 Å². The van der Waals surface area contributed by atoms with E-state index in [1.807, 2.05) is 5.38 Å². The number of ether oxygens (including phenoxy) is 1. The van der Waals surface area contributed by atoms with Gasteiger partial charge in [0, 0.05) is 23.2 Å². The third-order valence-electron chi connectivity index (χ3n) is 6.44. The monoisotopic (exact) mass is 497 g/mol. The van der Waals surface area contributed by atoms with Gasteiger partial charge < -0.3 is 4.74 Å². The molecule has 176 valence electrons. The van der Waals surface area contributed by atoms with Crippen LogP contribution in [0.4, 0.5) is 10.1 Å². The fourth-order valence-electron chi connectivity index (χ4n) is 4.61. The molecule has 0 bridgehead atoms. The Morgan fingerprint density at radius 3 is 2.85 bits per heavy atom. The number of rotatable bonds is 7. The highest BCUT2D eigenvalue weighted by molar-refractivity contribution is 7.09. The van der Waals surface area contributed by atoms with Gasteiger partial charge in [0.2, 0.25) is 0 Å². The van der Waals surface area contributed by atoms with Crippen molar-refractivity contribution in [2.45, 2.75) is 51.4 Å². The van der Waals surface area contributed by atoms with E-state index in [4.69, 9.17) is 26.3 Å². The van der Waals surface area contributed by atoms with E-state index >= 15 is 0 Å². The lowest BCUT2D eigenvalue weighted by Gasteiger charge is -2.20. The van der Waals surface area contributed by atoms with Gasteiger partial charge in [0.25, 0.3) is 0 Å². The molecule has 0 N–H and O–H groups in total. The summed E-state index contributed by atoms with van der Waals surface area (Å²) in [7, 11) is 0. The highest BCUT2D eigenvalue weighted by Crippen LogP contribution is 2.36. The summed E-state index contributed by atoms with van der Waals surface area (Å²) in [6.45, 7) is 0.102. The maximum Gasteiger partial charge on any atom is 0.170 e. The summed E-state index contributed by atoms with van der Waals surface area (Å²) in [6, 6.07) is 5.86. The second-order valence-electron chi connectivity index (χ2n) is 8.87. The van der Waals surface area contributed by atoms with Crippen molar-refractivity contribution in [2.24, 2.45) is 10.9 Å². The van der Waals surface area contributed by atoms with Gasteiger partial charge in [-0.25, -0.2) is 9.37 Å². The number of aromatic nitrogens is 2. The third kappa shape index (κ3) is 5.20. The number of aryl methyl sites for hydroxylation is 1. The number of halogens is 2. The third-order valence-corrected chi connectivity index (χ3v) is 7.64. The molecule has 8 heteroatoms. The largest absolute Gasteiger partial charge is 0.488 e. The molecule has 3 aromatic rings. The van der Waals surface area contributed by atoms with Gasteiger partial charge >= 0.3 is 0 Å². The summed E-state index contributed by atoms with van der Waals surface area (Å²) in [4.78, 5) is 26.9. The van der Waals surface area contributed by atoms with Crippen LogP contribution >= 0.6 is 22.9 Å². The van der Waals surface area contributed by atoms with Crippen LogP contribution in [-0.4, -0.2) is 28.1 Å². The maximum absolute atomic E-state index is 13.4. The SMILES string of the molecule is O=C1CC(COc2ccc(F)c(Cl)c2)=Nc2c1ccnc2-c1csc(CCC2CCCCC2)n1. The first kappa shape index (κ1) is 23.1. The minimum absolute atomic E-state index is 0.0150. The van der Waals surface area contributed by atoms with Gasteiger partial charge in [-0.3, -0.25) is 14.8 Å². The smallest absolute Gasteiger partial charge is 0.170 e. The van der Waals surface area contributed by atoms with Crippen LogP contribution in [0.1, 0.15) is 60.3 Å². The average Bonchev–Trinajstić information content (AvgIpc) is 3.33. The summed E-state index contributed by atoms with van der Waals surface area (Å²) in [5.41, 5.74) is 3.05. The summed E-state index contributed by atoms with van der Waals surface area (Å²) < 4.78 is 19.1. The molecule has 0 spiro atoms. The van der Waals surface area contributed by atoms with E-state index in [2.05, 4.69) is 4.98 Å². The van der Waals surface area contributed by atoms with E-state index in [1.165, 1.54) is 56.7 Å². The second-order valence-corrected chi connectivity index (χ2v) is 10.2. The molecule has 34 heavy (non-hydrogen) atoms. The molecule has 0 radical (unpaired) electrons. The Balaban J connectivity index is 1.33. The van der Waals surface area contributed by atoms with Crippen molar-refractivity contribution < 1.29 is 13.9 Å². The molecule has 1 aromatic carbocycles. The predicted octanol–water partition coefficient (Wildman–Crippen LogP) is 7.25. The van der Waals surface area contributed by atoms with Crippen LogP contribution in [0.25, 0.3) is 11.4 Å². The number of carbonyl (C=O) groups excluding carboxylic acids is 1. The Morgan fingerprint density at radius 2 is 2.03 bits per heavy atom. The highest BCUT2D eigenvalue weighted by Gasteiger charge is 2.25. The quantitative estimate of drug-likeness (QED) is 0.345. The molecule has 5 nitrogen and oxygen atoms in total. The molecule has 1 aliphatic heterocycles. The van der Waals surface area contributed by atoms with Crippen molar-refractivity contribution in [3.8, 4) is 17.1 Å². The second kappa shape index (κ2) is 10.3. The molecule has 5 rings (SSSR count). The topological polar surface area (TPSA) is 64.4 Å². The fourth-order valence-corrected chi connectivity index (χ4v) is 5.58. The van der Waals surface area contributed by atoms with E-state index < -0.39 is 5.82 Å². The summed E-state index contributed by atoms with van der Waals surface area (Å²) >= 11 is 7.47. The first-order valence-electron chi connectivity index (χ1n) is 11.7. The van der Waals surface area contributed by atoms with Gasteiger partial charge in [-0.1, -0.05) is 43.7 Å². The van der Waals surface area contributed by atoms with E-state index in [-0.39, 0.29) is 23.8 Å². The van der Waals surface area contributed by atoms with E-state index in [0.29, 0.717) is 28.4 Å². The van der Waals surface area contributed by atoms with Crippen molar-refractivity contribution in [2.75, 3.05) is 6.61 Å². The number of Topliss-reactive ketones (excluding diaryl/α,β-unsaturated/α-hetero) is 1. The van der Waals surface area contributed by atoms with Crippen LogP contribution in [0.15, 0.2) is 40.8 Å². The summed E-state index contributed by atoms with van der Waals surface area (Å²) in [5, 5.41) is 3.09. The first-order valence-corrected chi connectivity index (χ1v) is 12.9. The number of pyridine rings is 1. The van der Waals surface area contributed by atoms with Crippen molar-refractivity contribution in [3.63, 3.8) is 0 Å². The van der Waals surface area contributed by atoms with Crippen LogP contribution in [-0.2, 0) is 6.42 Å². The Kier molecular flexibility index (Phi) is 7.02.